The van der Waals surface area contributed by atoms with Crippen LogP contribution in [0.4, 0.5) is 0 Å². The molecule has 7 heteroatoms. The van der Waals surface area contributed by atoms with Gasteiger partial charge in [0.2, 0.25) is 0 Å². The Morgan fingerprint density at radius 3 is 2.67 bits per heavy atom. The number of nitrogens with one attached hydrogen (secondary N) is 2. The number of esters is 1. The van der Waals surface area contributed by atoms with Gasteiger partial charge in [-0.1, -0.05) is 30.3 Å². The van der Waals surface area contributed by atoms with E-state index in [9.17, 15) is 13.8 Å². The minimum Gasteiger partial charge on any atom is -0.452 e. The number of carbonyl (C=O) groups is 2. The third-order valence-corrected chi connectivity index (χ3v) is 5.12. The molecule has 0 bridgehead atoms. The van der Waals surface area contributed by atoms with Crippen molar-refractivity contribution in [1.29, 1.82) is 0 Å². The highest BCUT2D eigenvalue weighted by Gasteiger charge is 2.16. The summed E-state index contributed by atoms with van der Waals surface area (Å²) in [6.45, 7) is 0.0607. The quantitative estimate of drug-likeness (QED) is 0.613. The van der Waals surface area contributed by atoms with E-state index in [0.29, 0.717) is 17.9 Å². The lowest BCUT2D eigenvalue weighted by atomic mass is 10.1. The molecular weight excluding hydrogens is 364 g/mol. The Balaban J connectivity index is 1.49. The van der Waals surface area contributed by atoms with Gasteiger partial charge in [0.1, 0.15) is 0 Å². The summed E-state index contributed by atoms with van der Waals surface area (Å²) < 4.78 is 16.7. The van der Waals surface area contributed by atoms with Gasteiger partial charge >= 0.3 is 5.97 Å². The summed E-state index contributed by atoms with van der Waals surface area (Å²) in [7, 11) is -1.31. The van der Waals surface area contributed by atoms with E-state index in [1.165, 1.54) is 12.3 Å². The Hall–Kier alpha value is -2.93. The minimum absolute atomic E-state index is 0.213. The number of benzene rings is 2. The maximum absolute atomic E-state index is 12.1. The standard InChI is InChI=1S/C20H20N2O4S/c1-27(25)18-9-5-3-7-16(18)20(24)26-13-19(23)21-11-10-14-12-22-17-8-4-2-6-15(14)17/h2-9,12,22H,10-11,13H2,1H3,(H,21,23)/t27-/m0/s1. The largest absolute Gasteiger partial charge is 0.452 e. The first-order valence-corrected chi connectivity index (χ1v) is 10.0. The molecule has 1 aromatic heterocycles. The lowest BCUT2D eigenvalue weighted by Crippen LogP contribution is -2.30. The first kappa shape index (κ1) is 18.8. The number of ether oxygens (including phenoxy) is 1. The summed E-state index contributed by atoms with van der Waals surface area (Å²) in [5.41, 5.74) is 2.38. The highest BCUT2D eigenvalue weighted by Crippen LogP contribution is 2.17. The average molecular weight is 384 g/mol. The second-order valence-corrected chi connectivity index (χ2v) is 7.33. The van der Waals surface area contributed by atoms with Crippen LogP contribution in [0, 0.1) is 0 Å². The van der Waals surface area contributed by atoms with E-state index in [2.05, 4.69) is 10.3 Å². The second kappa shape index (κ2) is 8.64. The van der Waals surface area contributed by atoms with E-state index >= 15 is 0 Å². The van der Waals surface area contributed by atoms with Crippen LogP contribution in [-0.2, 0) is 26.8 Å². The van der Waals surface area contributed by atoms with Gasteiger partial charge in [-0.2, -0.15) is 0 Å². The molecule has 0 saturated carbocycles. The highest BCUT2D eigenvalue weighted by molar-refractivity contribution is 7.84. The van der Waals surface area contributed by atoms with Crippen LogP contribution in [0.25, 0.3) is 10.9 Å². The van der Waals surface area contributed by atoms with Crippen molar-refractivity contribution in [2.75, 3.05) is 19.4 Å². The molecule has 0 aliphatic carbocycles. The predicted octanol–water partition coefficient (Wildman–Crippen LogP) is 2.42. The number of amides is 1. The molecule has 3 aromatic rings. The van der Waals surface area contributed by atoms with Crippen molar-refractivity contribution in [3.63, 3.8) is 0 Å². The van der Waals surface area contributed by atoms with Crippen LogP contribution in [0.1, 0.15) is 15.9 Å². The van der Waals surface area contributed by atoms with Gasteiger partial charge in [-0.15, -0.1) is 0 Å². The summed E-state index contributed by atoms with van der Waals surface area (Å²) in [4.78, 5) is 27.7. The van der Waals surface area contributed by atoms with Gasteiger partial charge in [0.15, 0.2) is 6.61 Å². The molecule has 0 aliphatic heterocycles. The maximum Gasteiger partial charge on any atom is 0.339 e. The van der Waals surface area contributed by atoms with Crippen molar-refractivity contribution in [1.82, 2.24) is 10.3 Å². The third-order valence-electron chi connectivity index (χ3n) is 4.14. The molecule has 0 spiro atoms. The Kier molecular flexibility index (Phi) is 6.03. The van der Waals surface area contributed by atoms with E-state index in [-0.39, 0.29) is 18.1 Å². The highest BCUT2D eigenvalue weighted by atomic mass is 32.2. The molecule has 140 valence electrons. The summed E-state index contributed by atoms with van der Waals surface area (Å²) in [5.74, 6) is -1.04. The summed E-state index contributed by atoms with van der Waals surface area (Å²) in [6.07, 6.45) is 4.09. The second-order valence-electron chi connectivity index (χ2n) is 5.99. The predicted molar refractivity (Wildman–Crippen MR) is 104 cm³/mol. The molecule has 1 heterocycles. The number of H-pyrrole nitrogens is 1. The Labute approximate surface area is 159 Å². The van der Waals surface area contributed by atoms with Crippen LogP contribution in [0.5, 0.6) is 0 Å². The van der Waals surface area contributed by atoms with Crippen molar-refractivity contribution in [2.45, 2.75) is 11.3 Å². The molecule has 0 aliphatic rings. The molecule has 2 aromatic carbocycles. The van der Waals surface area contributed by atoms with E-state index in [4.69, 9.17) is 4.74 Å². The molecule has 0 saturated heterocycles. The fourth-order valence-corrected chi connectivity index (χ4v) is 3.55. The number of hydrogen-bond donors (Lipinski definition) is 2. The molecule has 1 amide bonds. The van der Waals surface area contributed by atoms with Gasteiger partial charge in [0, 0.05) is 29.9 Å². The zero-order valence-corrected chi connectivity index (χ0v) is 15.7. The van der Waals surface area contributed by atoms with Gasteiger partial charge in [-0.25, -0.2) is 4.79 Å². The van der Waals surface area contributed by atoms with Gasteiger partial charge in [-0.05, 0) is 30.2 Å². The molecule has 1 atom stereocenters. The minimum atomic E-state index is -1.31. The molecule has 27 heavy (non-hydrogen) atoms. The number of hydrogen-bond acceptors (Lipinski definition) is 4. The van der Waals surface area contributed by atoms with Crippen molar-refractivity contribution in [2.24, 2.45) is 0 Å². The molecule has 2 N–H and O–H groups in total. The van der Waals surface area contributed by atoms with Gasteiger partial charge in [-0.3, -0.25) is 9.00 Å². The average Bonchev–Trinajstić information content (AvgIpc) is 3.09. The zero-order valence-electron chi connectivity index (χ0n) is 14.9. The monoisotopic (exact) mass is 384 g/mol. The molecular formula is C20H20N2O4S. The number of aromatic nitrogens is 1. The molecule has 0 fully saturated rings. The Morgan fingerprint density at radius 2 is 1.85 bits per heavy atom. The molecule has 0 unspecified atom stereocenters. The topological polar surface area (TPSA) is 88.3 Å². The summed E-state index contributed by atoms with van der Waals surface area (Å²) in [5, 5.41) is 3.87. The number of para-hydroxylation sites is 1. The van der Waals surface area contributed by atoms with Crippen molar-refractivity contribution in [3.8, 4) is 0 Å². The van der Waals surface area contributed by atoms with Crippen LogP contribution in [0.3, 0.4) is 0 Å². The van der Waals surface area contributed by atoms with Crippen LogP contribution >= 0.6 is 0 Å². The fraction of sp³-hybridized carbons (Fsp3) is 0.200. The number of rotatable bonds is 7. The number of aromatic amines is 1. The fourth-order valence-electron chi connectivity index (χ4n) is 2.82. The molecule has 3 rings (SSSR count). The smallest absolute Gasteiger partial charge is 0.339 e. The lowest BCUT2D eigenvalue weighted by Gasteiger charge is -2.08. The molecule has 6 nitrogen and oxygen atoms in total. The van der Waals surface area contributed by atoms with Gasteiger partial charge in [0.25, 0.3) is 5.91 Å². The van der Waals surface area contributed by atoms with Crippen LogP contribution in [0.15, 0.2) is 59.6 Å². The van der Waals surface area contributed by atoms with Crippen LogP contribution < -0.4 is 5.32 Å². The maximum atomic E-state index is 12.1. The van der Waals surface area contributed by atoms with E-state index in [1.807, 2.05) is 30.5 Å². The Bertz CT molecular complexity index is 996. The zero-order chi connectivity index (χ0) is 19.2. The first-order chi connectivity index (χ1) is 13.1. The SMILES string of the molecule is C[S@](=O)c1ccccc1C(=O)OCC(=O)NCCc1c[nH]c2ccccc12. The van der Waals surface area contributed by atoms with Crippen molar-refractivity contribution >= 4 is 33.6 Å². The van der Waals surface area contributed by atoms with E-state index in [1.54, 1.807) is 18.2 Å². The van der Waals surface area contributed by atoms with E-state index < -0.39 is 16.8 Å². The Morgan fingerprint density at radius 1 is 1.11 bits per heavy atom. The normalized spacial score (nSPS) is 11.9. The van der Waals surface area contributed by atoms with E-state index in [0.717, 1.165) is 16.5 Å². The number of carbonyl (C=O) groups excluding carboxylic acids is 2. The van der Waals surface area contributed by atoms with Gasteiger partial charge in [0.05, 0.1) is 21.3 Å². The van der Waals surface area contributed by atoms with Gasteiger partial charge < -0.3 is 15.0 Å². The van der Waals surface area contributed by atoms with Crippen molar-refractivity contribution < 1.29 is 18.5 Å². The lowest BCUT2D eigenvalue weighted by molar-refractivity contribution is -0.124. The first-order valence-electron chi connectivity index (χ1n) is 8.47. The third kappa shape index (κ3) is 4.62. The summed E-state index contributed by atoms with van der Waals surface area (Å²) >= 11 is 0. The number of fused-ring (bicyclic) bond motifs is 1. The van der Waals surface area contributed by atoms with Crippen molar-refractivity contribution in [3.05, 3.63) is 65.9 Å². The van der Waals surface area contributed by atoms with Crippen LogP contribution in [0.2, 0.25) is 0 Å². The molecule has 0 radical (unpaired) electrons. The van der Waals surface area contributed by atoms with Crippen LogP contribution in [-0.4, -0.2) is 40.5 Å². The summed E-state index contributed by atoms with van der Waals surface area (Å²) in [6, 6.07) is 14.5.